The molecule has 0 saturated carbocycles. The van der Waals surface area contributed by atoms with Crippen LogP contribution in [0.2, 0.25) is 0 Å². The molecule has 30 heavy (non-hydrogen) atoms. The van der Waals surface area contributed by atoms with E-state index in [2.05, 4.69) is 5.32 Å². The van der Waals surface area contributed by atoms with Crippen molar-refractivity contribution in [3.63, 3.8) is 0 Å². The van der Waals surface area contributed by atoms with Crippen molar-refractivity contribution in [1.82, 2.24) is 5.32 Å². The second kappa shape index (κ2) is 9.91. The number of ether oxygens (including phenoxy) is 2. The Morgan fingerprint density at radius 2 is 1.80 bits per heavy atom. The largest absolute Gasteiger partial charge is 0.482 e. The van der Waals surface area contributed by atoms with Crippen molar-refractivity contribution in [2.24, 2.45) is 0 Å². The number of anilines is 1. The normalized spacial score (nSPS) is 14.3. The maximum absolute atomic E-state index is 12.1. The van der Waals surface area contributed by atoms with Crippen LogP contribution in [0.1, 0.15) is 30.9 Å². The van der Waals surface area contributed by atoms with E-state index >= 15 is 0 Å². The Balaban J connectivity index is 1.40. The molecule has 0 aliphatic carbocycles. The van der Waals surface area contributed by atoms with Gasteiger partial charge in [0.2, 0.25) is 5.91 Å². The molecule has 2 aromatic rings. The zero-order chi connectivity index (χ0) is 21.5. The van der Waals surface area contributed by atoms with E-state index in [9.17, 15) is 14.4 Å². The Morgan fingerprint density at radius 3 is 2.43 bits per heavy atom. The smallest absolute Gasteiger partial charge is 0.344 e. The van der Waals surface area contributed by atoms with Gasteiger partial charge in [-0.1, -0.05) is 29.8 Å². The second-order valence-electron chi connectivity index (χ2n) is 7.27. The fraction of sp³-hybridized carbons (Fsp3) is 0.348. The third-order valence-corrected chi connectivity index (χ3v) is 4.84. The van der Waals surface area contributed by atoms with Crippen molar-refractivity contribution in [3.05, 3.63) is 59.7 Å². The highest BCUT2D eigenvalue weighted by Crippen LogP contribution is 2.23. The number of rotatable bonds is 8. The fourth-order valence-electron chi connectivity index (χ4n) is 3.11. The molecule has 1 N–H and O–H groups in total. The quantitative estimate of drug-likeness (QED) is 0.677. The van der Waals surface area contributed by atoms with Gasteiger partial charge in [0.25, 0.3) is 5.91 Å². The zero-order valence-electron chi connectivity index (χ0n) is 17.2. The third-order valence-electron chi connectivity index (χ3n) is 4.84. The monoisotopic (exact) mass is 410 g/mol. The molecule has 1 saturated heterocycles. The Bertz CT molecular complexity index is 893. The Hall–Kier alpha value is -3.35. The minimum Gasteiger partial charge on any atom is -0.482 e. The van der Waals surface area contributed by atoms with Crippen LogP contribution in [0.25, 0.3) is 0 Å². The first kappa shape index (κ1) is 21.4. The van der Waals surface area contributed by atoms with Gasteiger partial charge in [0.15, 0.2) is 12.7 Å². The average Bonchev–Trinajstić information content (AvgIpc) is 3.17. The van der Waals surface area contributed by atoms with Crippen LogP contribution in [0, 0.1) is 6.92 Å². The predicted molar refractivity (Wildman–Crippen MR) is 112 cm³/mol. The maximum Gasteiger partial charge on any atom is 0.344 e. The topological polar surface area (TPSA) is 84.9 Å². The van der Waals surface area contributed by atoms with Crippen molar-refractivity contribution in [2.75, 3.05) is 18.1 Å². The number of aryl methyl sites for hydroxylation is 1. The van der Waals surface area contributed by atoms with Gasteiger partial charge in [0, 0.05) is 25.2 Å². The first-order chi connectivity index (χ1) is 14.4. The van der Waals surface area contributed by atoms with Gasteiger partial charge in [0.05, 0.1) is 0 Å². The van der Waals surface area contributed by atoms with E-state index in [4.69, 9.17) is 9.47 Å². The lowest BCUT2D eigenvalue weighted by Gasteiger charge is -2.16. The van der Waals surface area contributed by atoms with E-state index in [1.54, 1.807) is 29.2 Å². The van der Waals surface area contributed by atoms with E-state index in [0.29, 0.717) is 18.7 Å². The molecule has 1 heterocycles. The van der Waals surface area contributed by atoms with Crippen LogP contribution in [0.3, 0.4) is 0 Å². The standard InChI is InChI=1S/C23H26N2O5/c1-16-5-7-18(8-6-16)14-24-23(28)17(2)30-22(27)15-29-20-11-9-19(10-12-20)25-13-3-4-21(25)26/h5-12,17H,3-4,13-15H2,1-2H3,(H,24,28). The minimum absolute atomic E-state index is 0.113. The zero-order valence-corrected chi connectivity index (χ0v) is 17.2. The summed E-state index contributed by atoms with van der Waals surface area (Å²) in [6.07, 6.45) is 0.510. The minimum atomic E-state index is -0.921. The highest BCUT2D eigenvalue weighted by atomic mass is 16.6. The van der Waals surface area contributed by atoms with E-state index < -0.39 is 12.1 Å². The summed E-state index contributed by atoms with van der Waals surface area (Å²) in [6, 6.07) is 14.8. The molecule has 158 valence electrons. The van der Waals surface area contributed by atoms with Gasteiger partial charge in [-0.05, 0) is 50.1 Å². The lowest BCUT2D eigenvalue weighted by Crippen LogP contribution is -2.36. The summed E-state index contributed by atoms with van der Waals surface area (Å²) in [5.74, 6) is -0.406. The number of carbonyl (C=O) groups excluding carboxylic acids is 3. The highest BCUT2D eigenvalue weighted by molar-refractivity contribution is 5.95. The summed E-state index contributed by atoms with van der Waals surface area (Å²) >= 11 is 0. The second-order valence-corrected chi connectivity index (χ2v) is 7.27. The molecule has 2 amide bonds. The average molecular weight is 410 g/mol. The van der Waals surface area contributed by atoms with Crippen LogP contribution in [0.5, 0.6) is 5.75 Å². The fourth-order valence-corrected chi connectivity index (χ4v) is 3.11. The molecule has 0 aromatic heterocycles. The molecular weight excluding hydrogens is 384 g/mol. The Kier molecular flexibility index (Phi) is 7.06. The van der Waals surface area contributed by atoms with Crippen molar-refractivity contribution >= 4 is 23.5 Å². The van der Waals surface area contributed by atoms with Gasteiger partial charge in [0.1, 0.15) is 5.75 Å². The number of hydrogen-bond acceptors (Lipinski definition) is 5. The molecule has 1 fully saturated rings. The maximum atomic E-state index is 12.1. The van der Waals surface area contributed by atoms with Crippen LogP contribution in [-0.2, 0) is 25.7 Å². The van der Waals surface area contributed by atoms with E-state index in [0.717, 1.165) is 29.8 Å². The lowest BCUT2D eigenvalue weighted by molar-refractivity contribution is -0.156. The molecule has 0 bridgehead atoms. The van der Waals surface area contributed by atoms with Crippen LogP contribution >= 0.6 is 0 Å². The first-order valence-electron chi connectivity index (χ1n) is 9.98. The van der Waals surface area contributed by atoms with Crippen molar-refractivity contribution < 1.29 is 23.9 Å². The number of nitrogens with one attached hydrogen (secondary N) is 1. The molecule has 7 nitrogen and oxygen atoms in total. The summed E-state index contributed by atoms with van der Waals surface area (Å²) in [5, 5.41) is 2.74. The number of nitrogens with zero attached hydrogens (tertiary/aromatic N) is 1. The molecule has 1 aliphatic heterocycles. The molecule has 0 spiro atoms. The highest BCUT2D eigenvalue weighted by Gasteiger charge is 2.21. The van der Waals surface area contributed by atoms with E-state index in [1.165, 1.54) is 6.92 Å². The Morgan fingerprint density at radius 1 is 1.10 bits per heavy atom. The van der Waals surface area contributed by atoms with Crippen LogP contribution in [0.15, 0.2) is 48.5 Å². The van der Waals surface area contributed by atoms with Crippen LogP contribution < -0.4 is 15.0 Å². The van der Waals surface area contributed by atoms with Crippen molar-refractivity contribution in [2.45, 2.75) is 39.3 Å². The summed E-state index contributed by atoms with van der Waals surface area (Å²) in [6.45, 7) is 4.29. The molecule has 2 aromatic carbocycles. The van der Waals surface area contributed by atoms with E-state index in [-0.39, 0.29) is 18.4 Å². The molecule has 1 aliphatic rings. The molecule has 1 unspecified atom stereocenters. The van der Waals surface area contributed by atoms with Gasteiger partial charge in [-0.25, -0.2) is 4.79 Å². The predicted octanol–water partition coefficient (Wildman–Crippen LogP) is 2.75. The summed E-state index contributed by atoms with van der Waals surface area (Å²) in [7, 11) is 0. The van der Waals surface area contributed by atoms with Gasteiger partial charge in [-0.15, -0.1) is 0 Å². The number of amides is 2. The third kappa shape index (κ3) is 5.83. The molecule has 1 atom stereocenters. The number of hydrogen-bond donors (Lipinski definition) is 1. The van der Waals surface area contributed by atoms with Gasteiger partial charge >= 0.3 is 5.97 Å². The molecule has 3 rings (SSSR count). The van der Waals surface area contributed by atoms with Crippen molar-refractivity contribution in [3.8, 4) is 5.75 Å². The summed E-state index contributed by atoms with van der Waals surface area (Å²) in [5.41, 5.74) is 2.92. The lowest BCUT2D eigenvalue weighted by atomic mass is 10.1. The summed E-state index contributed by atoms with van der Waals surface area (Å²) < 4.78 is 10.6. The number of benzene rings is 2. The van der Waals surface area contributed by atoms with Crippen LogP contribution in [-0.4, -0.2) is 37.0 Å². The van der Waals surface area contributed by atoms with Gasteiger partial charge in [-0.2, -0.15) is 0 Å². The first-order valence-corrected chi connectivity index (χ1v) is 9.98. The van der Waals surface area contributed by atoms with Crippen LogP contribution in [0.4, 0.5) is 5.69 Å². The SMILES string of the molecule is Cc1ccc(CNC(=O)C(C)OC(=O)COc2ccc(N3CCCC3=O)cc2)cc1. The van der Waals surface area contributed by atoms with Gasteiger partial charge < -0.3 is 19.7 Å². The van der Waals surface area contributed by atoms with Crippen molar-refractivity contribution in [1.29, 1.82) is 0 Å². The van der Waals surface area contributed by atoms with Gasteiger partial charge in [-0.3, -0.25) is 9.59 Å². The molecule has 0 radical (unpaired) electrons. The Labute approximate surface area is 176 Å². The number of esters is 1. The molecule has 7 heteroatoms. The van der Waals surface area contributed by atoms with E-state index in [1.807, 2.05) is 31.2 Å². The summed E-state index contributed by atoms with van der Waals surface area (Å²) in [4.78, 5) is 37.6. The molecular formula is C23H26N2O5. The number of carbonyl (C=O) groups is 3.